The second-order valence-electron chi connectivity index (χ2n) is 17.9. The number of rotatable bonds is 3. The molecule has 1 aromatic heterocycles. The molecule has 6 aromatic carbocycles. The summed E-state index contributed by atoms with van der Waals surface area (Å²) in [5.74, 6) is 2.27. The van der Waals surface area contributed by atoms with E-state index in [-0.39, 0.29) is 17.1 Å². The Hall–Kier alpha value is -6.66. The molecule has 2 aliphatic heterocycles. The molecule has 7 aromatic rings. The van der Waals surface area contributed by atoms with Crippen molar-refractivity contribution in [2.24, 2.45) is 11.3 Å². The Kier molecular flexibility index (Phi) is 10.6. The lowest BCUT2D eigenvalue weighted by Gasteiger charge is -2.35. The highest BCUT2D eigenvalue weighted by Crippen LogP contribution is 2.50. The third-order valence-electron chi connectivity index (χ3n) is 13.1. The highest BCUT2D eigenvalue weighted by Gasteiger charge is 2.37. The van der Waals surface area contributed by atoms with E-state index < -0.39 is 5.41 Å². The van der Waals surface area contributed by atoms with E-state index in [1.54, 1.807) is 17.8 Å². The number of thioether (sulfide) groups is 1. The Morgan fingerprint density at radius 3 is 2.27 bits per heavy atom. The zero-order valence-electron chi connectivity index (χ0n) is 36.5. The van der Waals surface area contributed by atoms with E-state index in [1.165, 1.54) is 64.0 Å². The number of nitrogen functional groups attached to an aromatic ring is 1. The normalized spacial score (nSPS) is 19.8. The van der Waals surface area contributed by atoms with E-state index in [9.17, 15) is 4.79 Å². The number of allylic oxidation sites excluding steroid dienone is 12. The SMILES string of the molecule is C=C1/C=C\C=C/Sc2c1cccc2-c1cc(N)cc(-c2cccc3c2sc2ccccc23)c1.CC1(C)C(=O)/C=C\C=C/C2CC=C(c3ccc4c(c3)C(C)(C)c3ccccc3O4)C=C21. The van der Waals surface area contributed by atoms with Crippen LogP contribution in [-0.4, -0.2) is 5.78 Å². The van der Waals surface area contributed by atoms with Crippen LogP contribution in [0.4, 0.5) is 5.69 Å². The van der Waals surface area contributed by atoms with Crippen molar-refractivity contribution >= 4 is 65.9 Å². The first-order valence-corrected chi connectivity index (χ1v) is 23.5. The summed E-state index contributed by atoms with van der Waals surface area (Å²) in [4.78, 5) is 14.0. The second kappa shape index (κ2) is 16.5. The highest BCUT2D eigenvalue weighted by molar-refractivity contribution is 8.02. The van der Waals surface area contributed by atoms with Crippen LogP contribution < -0.4 is 10.5 Å². The van der Waals surface area contributed by atoms with Crippen molar-refractivity contribution in [1.82, 2.24) is 0 Å². The standard InChI is InChI=1S/C30H21NS2.C29H28O2/c1-19-8-4-5-15-32-29-23(19)10-6-11-24(29)20-16-21(18-22(31)17-20)25-12-7-13-27-26-9-2-3-14-28(26)33-30(25)27;1-28(2)22-10-6-7-11-25(22)31-26-16-15-21(18-24(26)28)20-14-13-19-9-5-8-12-27(30)29(3,4)23(19)17-20/h2-18H,1,31H2;5-12,14-19H,13H2,1-4H3/b8-4-,15-5-;9-5-,12-8-. The van der Waals surface area contributed by atoms with E-state index in [2.05, 4.69) is 165 Å². The van der Waals surface area contributed by atoms with Crippen LogP contribution >= 0.6 is 23.1 Å². The molecule has 3 nitrogen and oxygen atoms in total. The number of carbonyl (C=O) groups excluding carboxylic acids is 1. The van der Waals surface area contributed by atoms with Gasteiger partial charge in [0.05, 0.1) is 0 Å². The van der Waals surface area contributed by atoms with Crippen LogP contribution in [0.25, 0.3) is 53.6 Å². The molecule has 1 atom stereocenters. The summed E-state index contributed by atoms with van der Waals surface area (Å²) in [5.41, 5.74) is 19.4. The first-order chi connectivity index (χ1) is 31.0. The first kappa shape index (κ1) is 41.4. The highest BCUT2D eigenvalue weighted by atomic mass is 32.2. The van der Waals surface area contributed by atoms with Crippen LogP contribution in [0, 0.1) is 11.3 Å². The van der Waals surface area contributed by atoms with Gasteiger partial charge in [-0.25, -0.2) is 0 Å². The fourth-order valence-electron chi connectivity index (χ4n) is 9.55. The van der Waals surface area contributed by atoms with Gasteiger partial charge < -0.3 is 10.5 Å². The fourth-order valence-corrected chi connectivity index (χ4v) is 11.7. The first-order valence-electron chi connectivity index (χ1n) is 21.8. The smallest absolute Gasteiger partial charge is 0.165 e. The molecule has 0 fully saturated rings. The maximum absolute atomic E-state index is 12.8. The molecule has 4 aliphatic rings. The molecule has 314 valence electrons. The van der Waals surface area contributed by atoms with Crippen molar-refractivity contribution in [3.8, 4) is 33.8 Å². The van der Waals surface area contributed by atoms with Crippen LogP contribution in [-0.2, 0) is 10.2 Å². The van der Waals surface area contributed by atoms with Gasteiger partial charge in [0, 0.05) is 58.6 Å². The lowest BCUT2D eigenvalue weighted by molar-refractivity contribution is -0.120. The Balaban J connectivity index is 0.000000152. The zero-order valence-corrected chi connectivity index (χ0v) is 38.2. The van der Waals surface area contributed by atoms with Crippen LogP contribution in [0.1, 0.15) is 56.4 Å². The van der Waals surface area contributed by atoms with Gasteiger partial charge in [0.15, 0.2) is 5.78 Å². The van der Waals surface area contributed by atoms with Gasteiger partial charge in [0.2, 0.25) is 0 Å². The van der Waals surface area contributed by atoms with Gasteiger partial charge >= 0.3 is 0 Å². The third-order valence-corrected chi connectivity index (χ3v) is 15.3. The van der Waals surface area contributed by atoms with E-state index >= 15 is 0 Å². The number of hydrogen-bond acceptors (Lipinski definition) is 5. The molecule has 2 N–H and O–H groups in total. The van der Waals surface area contributed by atoms with E-state index in [0.29, 0.717) is 0 Å². The Bertz CT molecular complexity index is 3250. The monoisotopic (exact) mass is 867 g/mol. The molecule has 0 spiro atoms. The molecule has 1 unspecified atom stereocenters. The van der Waals surface area contributed by atoms with Crippen molar-refractivity contribution in [2.45, 2.75) is 44.4 Å². The van der Waals surface area contributed by atoms with Gasteiger partial charge in [-0.15, -0.1) is 11.3 Å². The summed E-state index contributed by atoms with van der Waals surface area (Å²) in [5, 5.41) is 4.73. The number of carbonyl (C=O) groups is 1. The molecule has 5 heteroatoms. The summed E-state index contributed by atoms with van der Waals surface area (Å²) in [6, 6.07) is 42.8. The lowest BCUT2D eigenvalue weighted by atomic mass is 9.69. The number of hydrogen-bond donors (Lipinski definition) is 1. The average Bonchev–Trinajstić information content (AvgIpc) is 3.68. The lowest BCUT2D eigenvalue weighted by Crippen LogP contribution is -2.30. The van der Waals surface area contributed by atoms with E-state index in [0.717, 1.165) is 45.9 Å². The number of para-hydroxylation sites is 1. The number of benzene rings is 6. The molecule has 2 aliphatic carbocycles. The average molecular weight is 868 g/mol. The van der Waals surface area contributed by atoms with Crippen LogP contribution in [0.15, 0.2) is 198 Å². The Morgan fingerprint density at radius 1 is 0.672 bits per heavy atom. The molecule has 0 saturated carbocycles. The largest absolute Gasteiger partial charge is 0.457 e. The minimum absolute atomic E-state index is 0.145. The van der Waals surface area contributed by atoms with Gasteiger partial charge in [-0.1, -0.05) is 160 Å². The quantitative estimate of drug-likeness (QED) is 0.180. The van der Waals surface area contributed by atoms with Gasteiger partial charge in [-0.3, -0.25) is 4.79 Å². The molecule has 3 heterocycles. The molecule has 11 rings (SSSR count). The summed E-state index contributed by atoms with van der Waals surface area (Å²) >= 11 is 3.58. The Morgan fingerprint density at radius 2 is 1.39 bits per heavy atom. The molecule has 0 amide bonds. The minimum atomic E-state index is -0.513. The number of anilines is 1. The summed E-state index contributed by atoms with van der Waals surface area (Å²) in [6.45, 7) is 12.9. The van der Waals surface area contributed by atoms with Crippen molar-refractivity contribution in [1.29, 1.82) is 0 Å². The number of fused-ring (bicyclic) bond motifs is 7. The van der Waals surface area contributed by atoms with Crippen LogP contribution in [0.2, 0.25) is 0 Å². The summed E-state index contributed by atoms with van der Waals surface area (Å²) < 4.78 is 8.83. The predicted octanol–water partition coefficient (Wildman–Crippen LogP) is 16.3. The van der Waals surface area contributed by atoms with Crippen molar-refractivity contribution in [3.63, 3.8) is 0 Å². The number of thiophene rings is 1. The summed E-state index contributed by atoms with van der Waals surface area (Å²) in [7, 11) is 0. The third kappa shape index (κ3) is 7.43. The number of nitrogens with two attached hydrogens (primary N) is 1. The fraction of sp³-hybridized carbons (Fsp3) is 0.136. The molecular formula is C59H49NO2S2. The van der Waals surface area contributed by atoms with Crippen LogP contribution in [0.5, 0.6) is 11.5 Å². The molecule has 0 saturated heterocycles. The predicted molar refractivity (Wildman–Crippen MR) is 274 cm³/mol. The van der Waals surface area contributed by atoms with Gasteiger partial charge in [-0.2, -0.15) is 0 Å². The number of ether oxygens (including phenoxy) is 1. The maximum atomic E-state index is 12.8. The van der Waals surface area contributed by atoms with Crippen molar-refractivity contribution in [3.05, 3.63) is 216 Å². The zero-order chi connectivity index (χ0) is 44.2. The molecule has 0 bridgehead atoms. The van der Waals surface area contributed by atoms with E-state index in [4.69, 9.17) is 10.5 Å². The maximum Gasteiger partial charge on any atom is 0.165 e. The topological polar surface area (TPSA) is 52.3 Å². The molecular weight excluding hydrogens is 819 g/mol. The Labute approximate surface area is 384 Å². The second-order valence-corrected chi connectivity index (χ2v) is 19.9. The van der Waals surface area contributed by atoms with Crippen molar-refractivity contribution < 1.29 is 9.53 Å². The van der Waals surface area contributed by atoms with Crippen molar-refractivity contribution in [2.75, 3.05) is 5.73 Å². The molecule has 64 heavy (non-hydrogen) atoms. The minimum Gasteiger partial charge on any atom is -0.457 e. The van der Waals surface area contributed by atoms with Crippen LogP contribution in [0.3, 0.4) is 0 Å². The van der Waals surface area contributed by atoms with Gasteiger partial charge in [-0.05, 0) is 124 Å². The molecule has 0 radical (unpaired) electrons. The van der Waals surface area contributed by atoms with E-state index in [1.807, 2.05) is 55.5 Å². The van der Waals surface area contributed by atoms with Gasteiger partial charge in [0.25, 0.3) is 0 Å². The summed E-state index contributed by atoms with van der Waals surface area (Å²) in [6.07, 6.45) is 19.4. The van der Waals surface area contributed by atoms with Gasteiger partial charge in [0.1, 0.15) is 11.5 Å². The number of ketones is 1.